The summed E-state index contributed by atoms with van der Waals surface area (Å²) >= 11 is 4.68. The molecular formula is C63H36N12S3. The molecule has 0 radical (unpaired) electrons. The number of aromatic nitrogens is 9. The first kappa shape index (κ1) is 44.4. The summed E-state index contributed by atoms with van der Waals surface area (Å²) in [6.45, 7) is 0. The molecule has 0 atom stereocenters. The maximum absolute atomic E-state index is 5.57. The van der Waals surface area contributed by atoms with Crippen LogP contribution in [0.1, 0.15) is 0 Å². The third-order valence-electron chi connectivity index (χ3n) is 14.1. The van der Waals surface area contributed by atoms with Gasteiger partial charge in [0, 0.05) is 82.1 Å². The van der Waals surface area contributed by atoms with Crippen LogP contribution in [0.15, 0.2) is 215 Å². The van der Waals surface area contributed by atoms with E-state index in [-0.39, 0.29) is 0 Å². The fourth-order valence-electron chi connectivity index (χ4n) is 10.6. The Bertz CT molecular complexity index is 4750. The van der Waals surface area contributed by atoms with Crippen molar-refractivity contribution in [1.29, 1.82) is 0 Å². The molecule has 78 heavy (non-hydrogen) atoms. The molecule has 0 saturated carbocycles. The van der Waals surface area contributed by atoms with E-state index in [0.29, 0.717) is 32.9 Å². The normalized spacial score (nSPS) is 12.8. The Morgan fingerprint density at radius 3 is 0.872 bits per heavy atom. The molecule has 0 aliphatic rings. The molecule has 3 N–H and O–H groups in total. The zero-order valence-corrected chi connectivity index (χ0v) is 43.3. The van der Waals surface area contributed by atoms with Crippen molar-refractivity contribution in [2.45, 2.75) is 0 Å². The van der Waals surface area contributed by atoms with E-state index in [2.05, 4.69) is 106 Å². The van der Waals surface area contributed by atoms with Gasteiger partial charge in [0.1, 0.15) is 0 Å². The average molecular weight is 1060 g/mol. The van der Waals surface area contributed by atoms with E-state index in [4.69, 9.17) is 44.9 Å². The number of hydrogen-bond donors (Lipinski definition) is 3. The largest absolute Gasteiger partial charge is 0.354 e. The summed E-state index contributed by atoms with van der Waals surface area (Å²) in [5, 5.41) is 9.51. The molecule has 0 bridgehead atoms. The number of para-hydroxylation sites is 6. The minimum absolute atomic E-state index is 0.447. The molecule has 7 heterocycles. The number of fused-ring (bicyclic) bond motifs is 9. The second-order valence-electron chi connectivity index (χ2n) is 18.8. The summed E-state index contributed by atoms with van der Waals surface area (Å²) in [6, 6.07) is 67.7. The summed E-state index contributed by atoms with van der Waals surface area (Å²) < 4.78 is 3.18. The SMILES string of the molecule is c1ccc2sc(N=c3c4ccccc4[nH]c4cccc(-c5nc(-c6cccc7[nH]c8ccccc8c(=Nc8nc9ccccc9s8)c67)nc(-c6cccc7[nH]c8ccccc8c(=Nc8nc9ccccc9s8)c67)n5)c34)nc2c1. The van der Waals surface area contributed by atoms with Gasteiger partial charge in [0.05, 0.1) is 46.7 Å². The standard InChI is InChI=1S/C63H36N12S3/c1-4-22-40-34(16-1)55(70-61-67-43-25-7-10-31-49(43)76-61)52-37(19-13-28-46(52)64-40)58-73-59(38-20-14-29-47-53(38)56(35-17-2-5-23-41(35)65-47)71-62-68-44-26-8-11-32-50(44)77-62)75-60(74-58)39-21-15-30-48-54(39)57(36-18-3-6-24-42(36)66-48)72-63-69-45-27-9-12-33-51(45)78-63/h1-33H,(H,64,67,70)(H,65,68,71)(H,66,69,72). The van der Waals surface area contributed by atoms with Crippen molar-refractivity contribution in [1.82, 2.24) is 44.9 Å². The molecule has 16 rings (SSSR count). The van der Waals surface area contributed by atoms with Crippen LogP contribution in [0.3, 0.4) is 0 Å². The Morgan fingerprint density at radius 2 is 0.551 bits per heavy atom. The van der Waals surface area contributed by atoms with Gasteiger partial charge in [0.15, 0.2) is 17.5 Å². The maximum atomic E-state index is 5.57. The Hall–Kier alpha value is -9.93. The lowest BCUT2D eigenvalue weighted by Gasteiger charge is -2.14. The van der Waals surface area contributed by atoms with E-state index in [0.717, 1.165) is 129 Å². The van der Waals surface area contributed by atoms with Crippen molar-refractivity contribution in [3.8, 4) is 34.2 Å². The number of aromatic amines is 3. The molecule has 0 amide bonds. The summed E-state index contributed by atoms with van der Waals surface area (Å²) in [6.07, 6.45) is 0. The second kappa shape index (κ2) is 17.9. The quantitative estimate of drug-likeness (QED) is 0.140. The third-order valence-corrected chi connectivity index (χ3v) is 16.9. The number of thiazole rings is 3. The van der Waals surface area contributed by atoms with Crippen LogP contribution in [0, 0.1) is 0 Å². The lowest BCUT2D eigenvalue weighted by molar-refractivity contribution is 1.08. The van der Waals surface area contributed by atoms with Gasteiger partial charge in [-0.1, -0.05) is 161 Å². The van der Waals surface area contributed by atoms with Gasteiger partial charge in [-0.3, -0.25) is 0 Å². The topological polar surface area (TPSA) is 162 Å². The van der Waals surface area contributed by atoms with Crippen molar-refractivity contribution in [2.24, 2.45) is 15.0 Å². The lowest BCUT2D eigenvalue weighted by atomic mass is 10.0. The molecule has 15 heteroatoms. The second-order valence-corrected chi connectivity index (χ2v) is 21.8. The van der Waals surface area contributed by atoms with Crippen LogP contribution in [0.25, 0.3) is 130 Å². The van der Waals surface area contributed by atoms with Crippen LogP contribution >= 0.6 is 34.0 Å². The van der Waals surface area contributed by atoms with Crippen LogP contribution in [0.5, 0.6) is 0 Å². The van der Waals surface area contributed by atoms with E-state index in [1.54, 1.807) is 34.0 Å². The molecule has 0 unspecified atom stereocenters. The third kappa shape index (κ3) is 7.43. The van der Waals surface area contributed by atoms with Crippen molar-refractivity contribution in [3.05, 3.63) is 216 Å². The predicted molar refractivity (Wildman–Crippen MR) is 319 cm³/mol. The number of benzene rings is 9. The summed E-state index contributed by atoms with van der Waals surface area (Å²) in [5.41, 5.74) is 10.4. The minimum atomic E-state index is 0.447. The minimum Gasteiger partial charge on any atom is -0.354 e. The Morgan fingerprint density at radius 1 is 0.269 bits per heavy atom. The molecule has 0 fully saturated rings. The van der Waals surface area contributed by atoms with E-state index in [1.807, 2.05) is 109 Å². The van der Waals surface area contributed by atoms with E-state index in [1.165, 1.54) is 0 Å². The van der Waals surface area contributed by atoms with Gasteiger partial charge in [0.25, 0.3) is 0 Å². The monoisotopic (exact) mass is 1060 g/mol. The van der Waals surface area contributed by atoms with Crippen LogP contribution in [-0.2, 0) is 0 Å². The summed E-state index contributed by atoms with van der Waals surface area (Å²) in [4.78, 5) is 59.2. The average Bonchev–Trinajstić information content (AvgIpc) is 4.25. The van der Waals surface area contributed by atoms with Crippen molar-refractivity contribution in [2.75, 3.05) is 0 Å². The Labute approximate surface area is 452 Å². The van der Waals surface area contributed by atoms with E-state index in [9.17, 15) is 0 Å². The highest BCUT2D eigenvalue weighted by Gasteiger charge is 2.22. The smallest absolute Gasteiger partial charge is 0.210 e. The molecule has 366 valence electrons. The van der Waals surface area contributed by atoms with Gasteiger partial charge in [-0.05, 0) is 72.8 Å². The number of pyridine rings is 3. The zero-order valence-electron chi connectivity index (χ0n) is 40.8. The van der Waals surface area contributed by atoms with E-state index >= 15 is 0 Å². The fourth-order valence-corrected chi connectivity index (χ4v) is 13.2. The van der Waals surface area contributed by atoms with Gasteiger partial charge in [-0.15, -0.1) is 0 Å². The maximum Gasteiger partial charge on any atom is 0.210 e. The van der Waals surface area contributed by atoms with Crippen LogP contribution in [-0.4, -0.2) is 44.9 Å². The fraction of sp³-hybridized carbons (Fsp3) is 0. The summed E-state index contributed by atoms with van der Waals surface area (Å²) in [5.74, 6) is 1.34. The van der Waals surface area contributed by atoms with Gasteiger partial charge < -0.3 is 15.0 Å². The first-order valence-electron chi connectivity index (χ1n) is 25.2. The van der Waals surface area contributed by atoms with Crippen molar-refractivity contribution >= 4 is 145 Å². The highest BCUT2D eigenvalue weighted by atomic mass is 32.1. The molecule has 16 aromatic rings. The molecule has 0 saturated heterocycles. The number of nitrogens with zero attached hydrogens (tertiary/aromatic N) is 9. The van der Waals surface area contributed by atoms with Gasteiger partial charge in [-0.2, -0.15) is 0 Å². The van der Waals surface area contributed by atoms with Crippen LogP contribution in [0.2, 0.25) is 0 Å². The van der Waals surface area contributed by atoms with Crippen LogP contribution < -0.4 is 16.1 Å². The first-order valence-corrected chi connectivity index (χ1v) is 27.6. The van der Waals surface area contributed by atoms with Gasteiger partial charge in [-0.25, -0.2) is 44.9 Å². The highest BCUT2D eigenvalue weighted by Crippen LogP contribution is 2.36. The molecule has 0 spiro atoms. The number of H-pyrrole nitrogens is 3. The molecule has 0 aliphatic carbocycles. The number of nitrogens with one attached hydrogen (secondary N) is 3. The van der Waals surface area contributed by atoms with Gasteiger partial charge in [0.2, 0.25) is 15.4 Å². The number of hydrogen-bond acceptors (Lipinski definition) is 12. The van der Waals surface area contributed by atoms with Crippen molar-refractivity contribution < 1.29 is 0 Å². The Kier molecular flexibility index (Phi) is 10.2. The first-order chi connectivity index (χ1) is 38.6. The lowest BCUT2D eigenvalue weighted by Crippen LogP contribution is -2.12. The highest BCUT2D eigenvalue weighted by molar-refractivity contribution is 7.22. The molecular weight excluding hydrogens is 1020 g/mol. The molecule has 12 nitrogen and oxygen atoms in total. The molecule has 7 aromatic heterocycles. The van der Waals surface area contributed by atoms with Gasteiger partial charge >= 0.3 is 0 Å². The van der Waals surface area contributed by atoms with Crippen molar-refractivity contribution in [3.63, 3.8) is 0 Å². The Balaban J connectivity index is 1.03. The zero-order chi connectivity index (χ0) is 51.3. The van der Waals surface area contributed by atoms with E-state index < -0.39 is 0 Å². The summed E-state index contributed by atoms with van der Waals surface area (Å²) in [7, 11) is 0. The predicted octanol–water partition coefficient (Wildman–Crippen LogP) is 15.3. The molecule has 9 aromatic carbocycles. The van der Waals surface area contributed by atoms with Crippen LogP contribution in [0.4, 0.5) is 15.4 Å². The number of rotatable bonds is 6. The molecule has 0 aliphatic heterocycles.